The van der Waals surface area contributed by atoms with Crippen molar-refractivity contribution in [3.05, 3.63) is 39.3 Å². The second-order valence-electron chi connectivity index (χ2n) is 5.88. The van der Waals surface area contributed by atoms with Crippen LogP contribution in [0.5, 0.6) is 0 Å². The highest BCUT2D eigenvalue weighted by Crippen LogP contribution is 2.23. The molecule has 1 amide bonds. The van der Waals surface area contributed by atoms with Gasteiger partial charge in [0.15, 0.2) is 11.4 Å². The number of aliphatic carboxylic acids is 1. The molecule has 1 aromatic heterocycles. The van der Waals surface area contributed by atoms with Gasteiger partial charge < -0.3 is 10.2 Å². The fraction of sp³-hybridized carbons (Fsp3) is 0.267. The number of carbonyl (C=O) groups excluding carboxylic acids is 1. The fourth-order valence-electron chi connectivity index (χ4n) is 2.39. The molecule has 0 saturated carbocycles. The molecule has 168 valence electrons. The molecule has 0 fully saturated rings. The molecule has 0 bridgehead atoms. The van der Waals surface area contributed by atoms with Crippen LogP contribution in [0.3, 0.4) is 0 Å². The van der Waals surface area contributed by atoms with Crippen LogP contribution in [0, 0.1) is 0 Å². The number of carbonyl (C=O) groups is 3. The molecule has 0 spiro atoms. The van der Waals surface area contributed by atoms with Gasteiger partial charge in [-0.3, -0.25) is 14.7 Å². The minimum atomic E-state index is -4.89. The first-order chi connectivity index (χ1) is 14.1. The van der Waals surface area contributed by atoms with Crippen molar-refractivity contribution in [2.45, 2.75) is 18.9 Å². The van der Waals surface area contributed by atoms with Crippen LogP contribution in [0.25, 0.3) is 6.08 Å². The second kappa shape index (κ2) is 8.11. The molecule has 1 aliphatic rings. The number of hydrogen-bond donors (Lipinski definition) is 3. The van der Waals surface area contributed by atoms with E-state index >= 15 is 0 Å². The number of aromatic amines is 1. The van der Waals surface area contributed by atoms with Gasteiger partial charge in [0, 0.05) is 0 Å². The molecule has 0 saturated heterocycles. The first-order valence-corrected chi connectivity index (χ1v) is 7.83. The number of aromatic carboxylic acids is 1. The Morgan fingerprint density at radius 2 is 1.58 bits per heavy atom. The molecule has 0 aromatic carbocycles. The number of carboxylic acid groups (broad SMARTS) is 2. The molecular weight excluding hydrogens is 446 g/mol. The van der Waals surface area contributed by atoms with Crippen LogP contribution in [0.1, 0.15) is 16.1 Å². The van der Waals surface area contributed by atoms with Crippen molar-refractivity contribution >= 4 is 29.6 Å². The second-order valence-corrected chi connectivity index (χ2v) is 5.88. The third kappa shape index (κ3) is 5.61. The maximum absolute atomic E-state index is 12.5. The minimum Gasteiger partial charge on any atom is -0.477 e. The van der Waals surface area contributed by atoms with Crippen LogP contribution >= 0.6 is 0 Å². The molecule has 2 heterocycles. The summed E-state index contributed by atoms with van der Waals surface area (Å²) in [5.41, 5.74) is -4.99. The van der Waals surface area contributed by atoms with Gasteiger partial charge in [-0.25, -0.2) is 19.3 Å². The lowest BCUT2D eigenvalue weighted by Gasteiger charge is -2.13. The number of alkyl halides is 6. The van der Waals surface area contributed by atoms with Gasteiger partial charge in [-0.15, -0.1) is 0 Å². The van der Waals surface area contributed by atoms with Gasteiger partial charge >= 0.3 is 24.3 Å². The van der Waals surface area contributed by atoms with Crippen molar-refractivity contribution in [1.29, 1.82) is 0 Å². The fourth-order valence-corrected chi connectivity index (χ4v) is 2.39. The summed E-state index contributed by atoms with van der Waals surface area (Å²) in [4.78, 5) is 46.3. The molecule has 0 unspecified atom stereocenters. The number of carboxylic acids is 2. The average molecular weight is 456 g/mol. The summed E-state index contributed by atoms with van der Waals surface area (Å²) < 4.78 is 74.9. The Bertz CT molecular complexity index is 1080. The van der Waals surface area contributed by atoms with Gasteiger partial charge in [-0.05, 0) is 12.2 Å². The Morgan fingerprint density at radius 3 is 2.06 bits per heavy atom. The van der Waals surface area contributed by atoms with Crippen LogP contribution in [-0.2, 0) is 16.1 Å². The largest absolute Gasteiger partial charge is 0.477 e. The zero-order valence-electron chi connectivity index (χ0n) is 14.8. The lowest BCUT2D eigenvalue weighted by atomic mass is 10.1. The molecule has 0 atom stereocenters. The minimum absolute atomic E-state index is 0.0355. The molecule has 31 heavy (non-hydrogen) atoms. The van der Waals surface area contributed by atoms with Crippen molar-refractivity contribution in [2.75, 3.05) is 6.54 Å². The predicted molar refractivity (Wildman–Crippen MR) is 88.0 cm³/mol. The number of hydrogen-bond acceptors (Lipinski definition) is 5. The highest BCUT2D eigenvalue weighted by molar-refractivity contribution is 6.50. The van der Waals surface area contributed by atoms with Crippen LogP contribution in [0.2, 0.25) is 0 Å². The number of aromatic nitrogens is 2. The first kappa shape index (κ1) is 23.4. The molecule has 0 radical (unpaired) electrons. The Morgan fingerprint density at radius 1 is 1.00 bits per heavy atom. The van der Waals surface area contributed by atoms with E-state index in [4.69, 9.17) is 10.2 Å². The SMILES string of the molecule is O=C(O)C1=NN(CC(F)(F)F)C(=O)C1=CC=Cc1c(C(=O)O)[nH]n(CC(F)(F)F)c1=O. The topological polar surface area (TPSA) is 145 Å². The van der Waals surface area contributed by atoms with Crippen LogP contribution in [0.4, 0.5) is 26.3 Å². The zero-order chi connectivity index (χ0) is 23.7. The Labute approximate surface area is 166 Å². The van der Waals surface area contributed by atoms with Crippen LogP contribution in [-0.4, -0.2) is 67.5 Å². The summed E-state index contributed by atoms with van der Waals surface area (Å²) in [7, 11) is 0. The normalized spacial score (nSPS) is 16.5. The summed E-state index contributed by atoms with van der Waals surface area (Å²) in [6.07, 6.45) is -7.74. The highest BCUT2D eigenvalue weighted by Gasteiger charge is 2.40. The van der Waals surface area contributed by atoms with E-state index in [-0.39, 0.29) is 9.69 Å². The first-order valence-electron chi connectivity index (χ1n) is 7.83. The van der Waals surface area contributed by atoms with E-state index in [0.717, 1.165) is 6.08 Å². The van der Waals surface area contributed by atoms with E-state index in [1.807, 2.05) is 0 Å². The average Bonchev–Trinajstić information content (AvgIpc) is 3.05. The van der Waals surface area contributed by atoms with Crippen molar-refractivity contribution in [1.82, 2.24) is 14.8 Å². The van der Waals surface area contributed by atoms with E-state index in [2.05, 4.69) is 5.10 Å². The molecule has 10 nitrogen and oxygen atoms in total. The number of allylic oxidation sites excluding steroid dienone is 2. The van der Waals surface area contributed by atoms with Crippen molar-refractivity contribution in [3.63, 3.8) is 0 Å². The van der Waals surface area contributed by atoms with Crippen molar-refractivity contribution < 1.29 is 50.9 Å². The maximum Gasteiger partial charge on any atom is 0.408 e. The van der Waals surface area contributed by atoms with Crippen LogP contribution < -0.4 is 5.56 Å². The highest BCUT2D eigenvalue weighted by atomic mass is 19.4. The molecule has 16 heteroatoms. The summed E-state index contributed by atoms with van der Waals surface area (Å²) in [5, 5.41) is 22.7. The molecule has 2 rings (SSSR count). The maximum atomic E-state index is 12.5. The number of nitrogens with zero attached hydrogens (tertiary/aromatic N) is 3. The number of halogens is 6. The van der Waals surface area contributed by atoms with E-state index in [9.17, 15) is 45.5 Å². The monoisotopic (exact) mass is 456 g/mol. The number of hydrazone groups is 1. The molecule has 0 aliphatic carbocycles. The van der Waals surface area contributed by atoms with Gasteiger partial charge in [-0.2, -0.15) is 31.4 Å². The predicted octanol–water partition coefficient (Wildman–Crippen LogP) is 1.22. The van der Waals surface area contributed by atoms with E-state index in [1.54, 1.807) is 5.10 Å². The summed E-state index contributed by atoms with van der Waals surface area (Å²) >= 11 is 0. The Hall–Kier alpha value is -3.85. The summed E-state index contributed by atoms with van der Waals surface area (Å²) in [5.74, 6) is -5.09. The Balaban J connectivity index is 2.42. The smallest absolute Gasteiger partial charge is 0.408 e. The lowest BCUT2D eigenvalue weighted by molar-refractivity contribution is -0.157. The number of rotatable bonds is 6. The van der Waals surface area contributed by atoms with Gasteiger partial charge in [0.05, 0.1) is 11.1 Å². The molecular formula is C15H10F6N4O6. The third-order valence-corrected chi connectivity index (χ3v) is 3.54. The lowest BCUT2D eigenvalue weighted by Crippen LogP contribution is -2.32. The van der Waals surface area contributed by atoms with E-state index < -0.39 is 71.4 Å². The van der Waals surface area contributed by atoms with Crippen molar-refractivity contribution in [3.8, 4) is 0 Å². The summed E-state index contributed by atoms with van der Waals surface area (Å²) in [6, 6.07) is 0. The van der Waals surface area contributed by atoms with Crippen molar-refractivity contribution in [2.24, 2.45) is 5.10 Å². The third-order valence-electron chi connectivity index (χ3n) is 3.54. The molecule has 1 aromatic rings. The van der Waals surface area contributed by atoms with E-state index in [0.29, 0.717) is 12.2 Å². The van der Waals surface area contributed by atoms with Crippen LogP contribution in [0.15, 0.2) is 27.6 Å². The molecule has 3 N–H and O–H groups in total. The quantitative estimate of drug-likeness (QED) is 0.434. The Kier molecular flexibility index (Phi) is 6.13. The zero-order valence-corrected chi connectivity index (χ0v) is 14.8. The van der Waals surface area contributed by atoms with Gasteiger partial charge in [0.25, 0.3) is 11.5 Å². The van der Waals surface area contributed by atoms with E-state index in [1.165, 1.54) is 0 Å². The van der Waals surface area contributed by atoms with Gasteiger partial charge in [0.2, 0.25) is 0 Å². The number of H-pyrrole nitrogens is 1. The standard InChI is InChI=1S/C15H10F6N4O6/c16-14(17,18)4-24-10(26)6(8(22-24)12(28)29)2-1-3-7-9(13(30)31)23-25(11(7)27)5-15(19,20)21/h1-3,22H,4-5H2,(H,28,29)(H,30,31). The molecule has 1 aliphatic heterocycles. The summed E-state index contributed by atoms with van der Waals surface area (Å²) in [6.45, 7) is -3.71. The number of amides is 1. The van der Waals surface area contributed by atoms with Gasteiger partial charge in [0.1, 0.15) is 13.1 Å². The number of nitrogens with one attached hydrogen (secondary N) is 1. The van der Waals surface area contributed by atoms with Gasteiger partial charge in [-0.1, -0.05) is 6.08 Å².